The number of fused-ring (bicyclic) bond motifs is 1. The number of nitrogens with zero attached hydrogens (tertiary/aromatic N) is 2. The lowest BCUT2D eigenvalue weighted by Crippen LogP contribution is -2.39. The lowest BCUT2D eigenvalue weighted by molar-refractivity contribution is 0.0780. The standard InChI is InChI=1S/C26H25FN2O3/c1-26(2)13-20-21(22(30)14-26)16-29(19-11-9-18(27)10-12-19)25(32)23(20)24(31)28(3)15-17-7-5-4-6-8-17/h4-12,16H,13-15H2,1-3H3. The molecule has 5 nitrogen and oxygen atoms in total. The van der Waals surface area contributed by atoms with Gasteiger partial charge in [0.15, 0.2) is 5.78 Å². The van der Waals surface area contributed by atoms with E-state index in [4.69, 9.17) is 0 Å². The highest BCUT2D eigenvalue weighted by Gasteiger charge is 2.36. The van der Waals surface area contributed by atoms with E-state index in [1.807, 2.05) is 44.2 Å². The molecule has 0 spiro atoms. The van der Waals surface area contributed by atoms with Gasteiger partial charge >= 0.3 is 0 Å². The van der Waals surface area contributed by atoms with Crippen LogP contribution in [0, 0.1) is 11.2 Å². The van der Waals surface area contributed by atoms with Crippen LogP contribution in [0.25, 0.3) is 5.69 Å². The van der Waals surface area contributed by atoms with Crippen LogP contribution >= 0.6 is 0 Å². The molecular weight excluding hydrogens is 407 g/mol. The maximum Gasteiger partial charge on any atom is 0.268 e. The minimum absolute atomic E-state index is 0.00591. The summed E-state index contributed by atoms with van der Waals surface area (Å²) in [5.41, 5.74) is 1.35. The first-order chi connectivity index (χ1) is 15.2. The van der Waals surface area contributed by atoms with E-state index in [-0.39, 0.29) is 16.8 Å². The van der Waals surface area contributed by atoms with E-state index in [1.54, 1.807) is 7.05 Å². The molecule has 4 rings (SSSR count). The minimum atomic E-state index is -0.509. The van der Waals surface area contributed by atoms with Crippen molar-refractivity contribution in [2.75, 3.05) is 7.05 Å². The van der Waals surface area contributed by atoms with Crippen LogP contribution in [-0.4, -0.2) is 28.2 Å². The molecule has 0 fully saturated rings. The van der Waals surface area contributed by atoms with Gasteiger partial charge in [0.2, 0.25) is 0 Å². The maximum absolute atomic E-state index is 13.6. The molecule has 0 saturated carbocycles. The Morgan fingerprint density at radius 3 is 2.34 bits per heavy atom. The Balaban J connectivity index is 1.87. The van der Waals surface area contributed by atoms with Crippen molar-refractivity contribution in [2.45, 2.75) is 33.2 Å². The van der Waals surface area contributed by atoms with Gasteiger partial charge in [-0.15, -0.1) is 0 Å². The Hall–Kier alpha value is -3.54. The molecular formula is C26H25FN2O3. The number of Topliss-reactive ketones (excluding diaryl/α,β-unsaturated/α-hetero) is 1. The van der Waals surface area contributed by atoms with E-state index in [1.165, 1.54) is 39.9 Å². The molecule has 0 aliphatic heterocycles. The summed E-state index contributed by atoms with van der Waals surface area (Å²) in [7, 11) is 1.65. The summed E-state index contributed by atoms with van der Waals surface area (Å²) in [6.45, 7) is 4.25. The first-order valence-corrected chi connectivity index (χ1v) is 10.5. The Bertz CT molecular complexity index is 1240. The molecule has 2 aromatic carbocycles. The molecule has 1 aliphatic rings. The molecule has 0 N–H and O–H groups in total. The van der Waals surface area contributed by atoms with Crippen LogP contribution in [0.4, 0.5) is 4.39 Å². The number of halogens is 1. The molecule has 3 aromatic rings. The van der Waals surface area contributed by atoms with E-state index >= 15 is 0 Å². The molecule has 32 heavy (non-hydrogen) atoms. The zero-order chi connectivity index (χ0) is 23.0. The second-order valence-electron chi connectivity index (χ2n) is 9.14. The fourth-order valence-electron chi connectivity index (χ4n) is 4.28. The Morgan fingerprint density at radius 2 is 1.69 bits per heavy atom. The number of hydrogen-bond donors (Lipinski definition) is 0. The van der Waals surface area contributed by atoms with Gasteiger partial charge in [0.05, 0.1) is 0 Å². The molecule has 1 amide bonds. The van der Waals surface area contributed by atoms with Crippen molar-refractivity contribution in [3.05, 3.63) is 99.2 Å². The number of rotatable bonds is 4. The predicted octanol–water partition coefficient (Wildman–Crippen LogP) is 4.40. The fraction of sp³-hybridized carbons (Fsp3) is 0.269. The van der Waals surface area contributed by atoms with Gasteiger partial charge < -0.3 is 4.90 Å². The number of pyridine rings is 1. The smallest absolute Gasteiger partial charge is 0.268 e. The van der Waals surface area contributed by atoms with Crippen molar-refractivity contribution in [1.29, 1.82) is 0 Å². The summed E-state index contributed by atoms with van der Waals surface area (Å²) in [6, 6.07) is 14.9. The zero-order valence-electron chi connectivity index (χ0n) is 18.4. The van der Waals surface area contributed by atoms with Crippen molar-refractivity contribution < 1.29 is 14.0 Å². The molecule has 1 aliphatic carbocycles. The second-order valence-corrected chi connectivity index (χ2v) is 9.14. The van der Waals surface area contributed by atoms with Crippen molar-refractivity contribution in [2.24, 2.45) is 5.41 Å². The average Bonchev–Trinajstić information content (AvgIpc) is 2.74. The molecule has 0 radical (unpaired) electrons. The molecule has 6 heteroatoms. The van der Waals surface area contributed by atoms with Gasteiger partial charge in [-0.25, -0.2) is 4.39 Å². The SMILES string of the molecule is CN(Cc1ccccc1)C(=O)c1c2c(cn(-c3ccc(F)cc3)c1=O)C(=O)CC(C)(C)C2. The van der Waals surface area contributed by atoms with Gasteiger partial charge in [-0.1, -0.05) is 44.2 Å². The van der Waals surface area contributed by atoms with Crippen LogP contribution in [0.5, 0.6) is 0 Å². The first kappa shape index (κ1) is 21.7. The van der Waals surface area contributed by atoms with Gasteiger partial charge in [0, 0.05) is 37.5 Å². The third-order valence-electron chi connectivity index (χ3n) is 5.84. The quantitative estimate of drug-likeness (QED) is 0.614. The number of hydrogen-bond acceptors (Lipinski definition) is 3. The van der Waals surface area contributed by atoms with Gasteiger partial charge in [-0.3, -0.25) is 19.0 Å². The van der Waals surface area contributed by atoms with E-state index < -0.39 is 17.3 Å². The largest absolute Gasteiger partial charge is 0.337 e. The van der Waals surface area contributed by atoms with Crippen LogP contribution in [0.2, 0.25) is 0 Å². The third-order valence-corrected chi connectivity index (χ3v) is 5.84. The van der Waals surface area contributed by atoms with Gasteiger partial charge in [-0.2, -0.15) is 0 Å². The van der Waals surface area contributed by atoms with Crippen LogP contribution in [0.1, 0.15) is 52.1 Å². The van der Waals surface area contributed by atoms with E-state index in [2.05, 4.69) is 0 Å². The molecule has 0 atom stereocenters. The molecule has 0 unspecified atom stereocenters. The molecule has 1 aromatic heterocycles. The lowest BCUT2D eigenvalue weighted by Gasteiger charge is -2.32. The van der Waals surface area contributed by atoms with Crippen molar-refractivity contribution in [3.8, 4) is 5.69 Å². The molecule has 0 saturated heterocycles. The Labute approximate surface area is 186 Å². The van der Waals surface area contributed by atoms with Gasteiger partial charge in [0.25, 0.3) is 11.5 Å². The predicted molar refractivity (Wildman–Crippen MR) is 121 cm³/mol. The maximum atomic E-state index is 13.6. The van der Waals surface area contributed by atoms with E-state index in [9.17, 15) is 18.8 Å². The van der Waals surface area contributed by atoms with Crippen molar-refractivity contribution >= 4 is 11.7 Å². The first-order valence-electron chi connectivity index (χ1n) is 10.5. The Morgan fingerprint density at radius 1 is 1.03 bits per heavy atom. The van der Waals surface area contributed by atoms with E-state index in [0.717, 1.165) is 5.56 Å². The fourth-order valence-corrected chi connectivity index (χ4v) is 4.28. The summed E-state index contributed by atoms with van der Waals surface area (Å²) in [5.74, 6) is -0.972. The van der Waals surface area contributed by atoms with Gasteiger partial charge in [0.1, 0.15) is 11.4 Å². The number of benzene rings is 2. The summed E-state index contributed by atoms with van der Waals surface area (Å²) >= 11 is 0. The zero-order valence-corrected chi connectivity index (χ0v) is 18.4. The van der Waals surface area contributed by atoms with Crippen molar-refractivity contribution in [1.82, 2.24) is 9.47 Å². The molecule has 164 valence electrons. The highest BCUT2D eigenvalue weighted by molar-refractivity contribution is 6.04. The summed E-state index contributed by atoms with van der Waals surface area (Å²) < 4.78 is 14.7. The summed E-state index contributed by atoms with van der Waals surface area (Å²) in [4.78, 5) is 41.6. The lowest BCUT2D eigenvalue weighted by atomic mass is 9.73. The summed E-state index contributed by atoms with van der Waals surface area (Å²) in [6.07, 6.45) is 2.28. The second kappa shape index (κ2) is 8.19. The number of carbonyl (C=O) groups excluding carboxylic acids is 2. The Kier molecular flexibility index (Phi) is 5.55. The highest BCUT2D eigenvalue weighted by Crippen LogP contribution is 2.36. The van der Waals surface area contributed by atoms with Crippen molar-refractivity contribution in [3.63, 3.8) is 0 Å². The highest BCUT2D eigenvalue weighted by atomic mass is 19.1. The normalized spacial score (nSPS) is 14.7. The number of carbonyl (C=O) groups is 2. The third kappa shape index (κ3) is 4.13. The van der Waals surface area contributed by atoms with Gasteiger partial charge in [-0.05, 0) is 47.2 Å². The topological polar surface area (TPSA) is 59.4 Å². The molecule has 0 bridgehead atoms. The minimum Gasteiger partial charge on any atom is -0.337 e. The van der Waals surface area contributed by atoms with Crippen LogP contribution < -0.4 is 5.56 Å². The van der Waals surface area contributed by atoms with Crippen LogP contribution in [-0.2, 0) is 13.0 Å². The average molecular weight is 432 g/mol. The number of amides is 1. The number of ketones is 1. The van der Waals surface area contributed by atoms with Crippen LogP contribution in [0.3, 0.4) is 0 Å². The van der Waals surface area contributed by atoms with Crippen LogP contribution in [0.15, 0.2) is 65.6 Å². The number of aromatic nitrogens is 1. The molecule has 1 heterocycles. The summed E-state index contributed by atoms with van der Waals surface area (Å²) in [5, 5.41) is 0. The monoisotopic (exact) mass is 432 g/mol. The van der Waals surface area contributed by atoms with E-state index in [0.29, 0.717) is 36.2 Å².